The van der Waals surface area contributed by atoms with Crippen LogP contribution in [-0.4, -0.2) is 44.4 Å². The molecule has 0 heterocycles. The van der Waals surface area contributed by atoms with Crippen LogP contribution in [0.25, 0.3) is 0 Å². The number of hydrogen-bond donors (Lipinski definition) is 1. The fraction of sp³-hybridized carbons (Fsp3) is 0.615. The lowest BCUT2D eigenvalue weighted by atomic mass is 10.1. The number of hydrogen-bond acceptors (Lipinski definition) is 6. The third-order valence-corrected chi connectivity index (χ3v) is 2.34. The zero-order valence-electron chi connectivity index (χ0n) is 12.2. The van der Waals surface area contributed by atoms with Crippen molar-refractivity contribution < 1.29 is 28.6 Å². The molecule has 7 heteroatoms. The van der Waals surface area contributed by atoms with E-state index in [0.717, 1.165) is 12.2 Å². The van der Waals surface area contributed by atoms with Gasteiger partial charge in [-0.1, -0.05) is 13.8 Å². The number of rotatable bonds is 7. The average Bonchev–Trinajstić information content (AvgIpc) is 2.40. The Morgan fingerprint density at radius 3 is 2.10 bits per heavy atom. The van der Waals surface area contributed by atoms with Crippen LogP contribution in [0.1, 0.15) is 20.8 Å². The summed E-state index contributed by atoms with van der Waals surface area (Å²) in [6, 6.07) is -0.373. The Balaban J connectivity index is 4.24. The molecule has 0 unspecified atom stereocenters. The molecule has 0 aromatic carbocycles. The van der Waals surface area contributed by atoms with Gasteiger partial charge in [-0.2, -0.15) is 0 Å². The van der Waals surface area contributed by atoms with E-state index >= 15 is 0 Å². The van der Waals surface area contributed by atoms with E-state index < -0.39 is 18.0 Å². The molecule has 1 N–H and O–H groups in total. The zero-order chi connectivity index (χ0) is 15.5. The second-order valence-corrected chi connectivity index (χ2v) is 4.20. The Hall–Kier alpha value is -2.05. The predicted molar refractivity (Wildman–Crippen MR) is 70.9 cm³/mol. The minimum absolute atomic E-state index is 0.0151. The Labute approximate surface area is 118 Å². The highest BCUT2D eigenvalue weighted by atomic mass is 16.5. The Morgan fingerprint density at radius 1 is 1.10 bits per heavy atom. The first-order valence-corrected chi connectivity index (χ1v) is 6.26. The third kappa shape index (κ3) is 8.12. The summed E-state index contributed by atoms with van der Waals surface area (Å²) in [6.07, 6.45) is 1.37. The summed E-state index contributed by atoms with van der Waals surface area (Å²) in [5.41, 5.74) is 0. The van der Waals surface area contributed by atoms with Crippen LogP contribution >= 0.6 is 0 Å². The number of nitrogens with one attached hydrogen (secondary N) is 1. The highest BCUT2D eigenvalue weighted by Crippen LogP contribution is 2.03. The van der Waals surface area contributed by atoms with Crippen LogP contribution in [0.3, 0.4) is 0 Å². The van der Waals surface area contributed by atoms with Crippen LogP contribution < -0.4 is 5.32 Å². The third-order valence-electron chi connectivity index (χ3n) is 2.34. The van der Waals surface area contributed by atoms with Gasteiger partial charge in [-0.05, 0) is 12.8 Å². The van der Waals surface area contributed by atoms with Crippen molar-refractivity contribution >= 4 is 18.0 Å². The molecule has 1 atom stereocenters. The monoisotopic (exact) mass is 287 g/mol. The van der Waals surface area contributed by atoms with Crippen molar-refractivity contribution in [2.75, 3.05) is 20.3 Å². The van der Waals surface area contributed by atoms with Crippen molar-refractivity contribution in [1.29, 1.82) is 0 Å². The molecule has 0 aromatic rings. The maximum Gasteiger partial charge on any atom is 0.407 e. The van der Waals surface area contributed by atoms with Gasteiger partial charge in [0.05, 0.1) is 19.8 Å². The molecule has 0 aliphatic heterocycles. The molecule has 0 spiro atoms. The molecule has 0 aliphatic rings. The van der Waals surface area contributed by atoms with Crippen LogP contribution in [0.5, 0.6) is 0 Å². The van der Waals surface area contributed by atoms with Gasteiger partial charge < -0.3 is 19.5 Å². The van der Waals surface area contributed by atoms with Gasteiger partial charge in [-0.3, -0.25) is 0 Å². The molecule has 0 saturated heterocycles. The first-order valence-electron chi connectivity index (χ1n) is 6.26. The summed E-state index contributed by atoms with van der Waals surface area (Å²) in [5.74, 6) is -1.25. The van der Waals surface area contributed by atoms with Crippen LogP contribution in [0, 0.1) is 5.92 Å². The van der Waals surface area contributed by atoms with E-state index in [4.69, 9.17) is 4.74 Å². The molecule has 20 heavy (non-hydrogen) atoms. The van der Waals surface area contributed by atoms with Crippen LogP contribution in [-0.2, 0) is 23.8 Å². The smallest absolute Gasteiger partial charge is 0.407 e. The molecule has 0 radical (unpaired) electrons. The van der Waals surface area contributed by atoms with Crippen molar-refractivity contribution in [2.45, 2.75) is 26.8 Å². The predicted octanol–water partition coefficient (Wildman–Crippen LogP) is 1.03. The summed E-state index contributed by atoms with van der Waals surface area (Å²) < 4.78 is 14.0. The van der Waals surface area contributed by atoms with Gasteiger partial charge in [-0.25, -0.2) is 14.4 Å². The molecular formula is C13H21NO6. The molecule has 7 nitrogen and oxygen atoms in total. The van der Waals surface area contributed by atoms with E-state index in [1.165, 1.54) is 7.11 Å². The fourth-order valence-electron chi connectivity index (χ4n) is 1.16. The fourth-order valence-corrected chi connectivity index (χ4v) is 1.16. The molecule has 1 amide bonds. The van der Waals surface area contributed by atoms with Crippen molar-refractivity contribution in [3.05, 3.63) is 12.2 Å². The lowest BCUT2D eigenvalue weighted by molar-refractivity contribution is -0.140. The zero-order valence-corrected chi connectivity index (χ0v) is 12.2. The molecule has 114 valence electrons. The number of ether oxygens (including phenoxy) is 3. The second-order valence-electron chi connectivity index (χ2n) is 4.20. The summed E-state index contributed by atoms with van der Waals surface area (Å²) in [4.78, 5) is 33.5. The highest BCUT2D eigenvalue weighted by Gasteiger charge is 2.18. The molecular weight excluding hydrogens is 266 g/mol. The number of carbonyl (C=O) groups is 3. The van der Waals surface area contributed by atoms with Gasteiger partial charge >= 0.3 is 18.0 Å². The van der Waals surface area contributed by atoms with Crippen molar-refractivity contribution in [2.24, 2.45) is 5.92 Å². The number of alkyl carbamates (subject to hydrolysis) is 1. The van der Waals surface area contributed by atoms with Gasteiger partial charge in [-0.15, -0.1) is 0 Å². The molecule has 0 bridgehead atoms. The van der Waals surface area contributed by atoms with Crippen molar-refractivity contribution in [3.63, 3.8) is 0 Å². The van der Waals surface area contributed by atoms with Gasteiger partial charge in [0.15, 0.2) is 0 Å². The Morgan fingerprint density at radius 2 is 1.65 bits per heavy atom. The van der Waals surface area contributed by atoms with E-state index in [1.807, 2.05) is 13.8 Å². The first kappa shape index (κ1) is 17.9. The summed E-state index contributed by atoms with van der Waals surface area (Å²) in [6.45, 7) is 5.61. The van der Waals surface area contributed by atoms with Crippen molar-refractivity contribution in [3.8, 4) is 0 Å². The Bertz CT molecular complexity index is 364. The molecule has 0 saturated carbocycles. The maximum absolute atomic E-state index is 11.4. The molecule has 0 aromatic heterocycles. The first-order chi connectivity index (χ1) is 9.40. The van der Waals surface area contributed by atoms with E-state index in [2.05, 4.69) is 14.8 Å². The summed E-state index contributed by atoms with van der Waals surface area (Å²) in [5, 5.41) is 2.55. The van der Waals surface area contributed by atoms with Crippen molar-refractivity contribution in [1.82, 2.24) is 5.32 Å². The largest absolute Gasteiger partial charge is 0.463 e. The minimum Gasteiger partial charge on any atom is -0.463 e. The lowest BCUT2D eigenvalue weighted by Crippen LogP contribution is -2.42. The standard InChI is InChI=1S/C13H21NO6/c1-5-19-11(15)6-7-12(16)20-8-10(9(2)3)14-13(17)18-4/h6-7,9-10H,5,8H2,1-4H3,(H,14,17)/b7-6+/t10-/m0/s1. The van der Waals surface area contributed by atoms with Crippen LogP contribution in [0.15, 0.2) is 12.2 Å². The van der Waals surface area contributed by atoms with E-state index in [1.54, 1.807) is 6.92 Å². The van der Waals surface area contributed by atoms with E-state index in [9.17, 15) is 14.4 Å². The van der Waals surface area contributed by atoms with Gasteiger partial charge in [0.1, 0.15) is 6.61 Å². The maximum atomic E-state index is 11.4. The lowest BCUT2D eigenvalue weighted by Gasteiger charge is -2.20. The molecule has 0 aliphatic carbocycles. The SMILES string of the molecule is CCOC(=O)/C=C/C(=O)OC[C@H](NC(=O)OC)C(C)C. The summed E-state index contributed by atoms with van der Waals surface area (Å²) >= 11 is 0. The van der Waals surface area contributed by atoms with E-state index in [-0.39, 0.29) is 25.2 Å². The van der Waals surface area contributed by atoms with E-state index in [0.29, 0.717) is 0 Å². The Kier molecular flexibility index (Phi) is 8.82. The number of methoxy groups -OCH3 is 1. The number of esters is 2. The number of carbonyl (C=O) groups excluding carboxylic acids is 3. The van der Waals surface area contributed by atoms with Gasteiger partial charge in [0.2, 0.25) is 0 Å². The van der Waals surface area contributed by atoms with Gasteiger partial charge in [0.25, 0.3) is 0 Å². The topological polar surface area (TPSA) is 90.9 Å². The normalized spacial score (nSPS) is 12.1. The van der Waals surface area contributed by atoms with Crippen LogP contribution in [0.4, 0.5) is 4.79 Å². The van der Waals surface area contributed by atoms with Crippen LogP contribution in [0.2, 0.25) is 0 Å². The quantitative estimate of drug-likeness (QED) is 0.427. The average molecular weight is 287 g/mol. The van der Waals surface area contributed by atoms with Gasteiger partial charge in [0, 0.05) is 12.2 Å². The second kappa shape index (κ2) is 9.82. The highest BCUT2D eigenvalue weighted by molar-refractivity contribution is 5.91. The molecule has 0 fully saturated rings. The molecule has 0 rings (SSSR count). The number of amides is 1. The minimum atomic E-state index is -0.685. The summed E-state index contributed by atoms with van der Waals surface area (Å²) in [7, 11) is 1.25.